The molecule has 1 aliphatic rings. The summed E-state index contributed by atoms with van der Waals surface area (Å²) in [4.78, 5) is 2.22. The first-order chi connectivity index (χ1) is 6.18. The Morgan fingerprint density at radius 3 is 2.92 bits per heavy atom. The molecule has 3 heteroatoms. The number of halogens is 1. The summed E-state index contributed by atoms with van der Waals surface area (Å²) in [6.07, 6.45) is 1.01. The molecule has 1 N–H and O–H groups in total. The van der Waals surface area contributed by atoms with E-state index in [4.69, 9.17) is 0 Å². The van der Waals surface area contributed by atoms with Crippen molar-refractivity contribution in [2.45, 2.75) is 13.0 Å². The zero-order chi connectivity index (χ0) is 9.42. The molecule has 2 rings (SSSR count). The maximum atomic E-state index is 9.65. The Bertz CT molecular complexity index is 338. The molecule has 0 amide bonds. The highest BCUT2D eigenvalue weighted by Crippen LogP contribution is 2.32. The Labute approximate surface area is 86.3 Å². The maximum Gasteiger partial charge on any atom is 0.120 e. The van der Waals surface area contributed by atoms with Crippen LogP contribution in [0.25, 0.3) is 0 Å². The van der Waals surface area contributed by atoms with Gasteiger partial charge in [0.2, 0.25) is 0 Å². The van der Waals surface area contributed by atoms with Gasteiger partial charge < -0.3 is 10.0 Å². The highest BCUT2D eigenvalue weighted by Gasteiger charge is 2.18. The predicted octanol–water partition coefficient (Wildman–Crippen LogP) is 2.14. The van der Waals surface area contributed by atoms with Gasteiger partial charge in [0.25, 0.3) is 0 Å². The monoisotopic (exact) mass is 241 g/mol. The number of phenols is 1. The predicted molar refractivity (Wildman–Crippen MR) is 55.8 cm³/mol. The SMILES string of the molecule is CN1CCc2c(Br)ccc(O)c2C1. The third-order valence-corrected chi connectivity index (χ3v) is 3.26. The molecule has 70 valence electrons. The number of fused-ring (bicyclic) bond motifs is 1. The van der Waals surface area contributed by atoms with Gasteiger partial charge in [-0.15, -0.1) is 0 Å². The van der Waals surface area contributed by atoms with Crippen molar-refractivity contribution in [3.8, 4) is 5.75 Å². The second-order valence-corrected chi connectivity index (χ2v) is 4.37. The van der Waals surface area contributed by atoms with Crippen molar-refractivity contribution in [2.75, 3.05) is 13.6 Å². The molecular formula is C10H12BrNO. The van der Waals surface area contributed by atoms with E-state index in [0.29, 0.717) is 5.75 Å². The second kappa shape index (κ2) is 3.31. The first kappa shape index (κ1) is 9.03. The van der Waals surface area contributed by atoms with Crippen molar-refractivity contribution in [2.24, 2.45) is 0 Å². The standard InChI is InChI=1S/C10H12BrNO/c1-12-5-4-7-8(6-12)10(13)3-2-9(7)11/h2-3,13H,4-6H2,1H3. The molecule has 0 fully saturated rings. The number of hydrogen-bond donors (Lipinski definition) is 1. The molecule has 0 saturated carbocycles. The van der Waals surface area contributed by atoms with Gasteiger partial charge in [0.1, 0.15) is 5.75 Å². The van der Waals surface area contributed by atoms with Crippen LogP contribution in [-0.2, 0) is 13.0 Å². The number of likely N-dealkylation sites (N-methyl/N-ethyl adjacent to an activating group) is 1. The fourth-order valence-electron chi connectivity index (χ4n) is 1.75. The molecule has 0 aliphatic carbocycles. The van der Waals surface area contributed by atoms with Crippen LogP contribution in [0.4, 0.5) is 0 Å². The van der Waals surface area contributed by atoms with Crippen molar-refractivity contribution >= 4 is 15.9 Å². The van der Waals surface area contributed by atoms with Gasteiger partial charge in [-0.2, -0.15) is 0 Å². The van der Waals surface area contributed by atoms with Crippen LogP contribution in [0, 0.1) is 0 Å². The minimum atomic E-state index is 0.421. The Morgan fingerprint density at radius 1 is 1.38 bits per heavy atom. The van der Waals surface area contributed by atoms with Crippen molar-refractivity contribution in [1.82, 2.24) is 4.90 Å². The number of nitrogens with zero attached hydrogens (tertiary/aromatic N) is 1. The zero-order valence-electron chi connectivity index (χ0n) is 7.55. The highest BCUT2D eigenvalue weighted by molar-refractivity contribution is 9.10. The van der Waals surface area contributed by atoms with Gasteiger partial charge in [0, 0.05) is 23.1 Å². The summed E-state index contributed by atoms with van der Waals surface area (Å²) >= 11 is 3.51. The molecule has 0 radical (unpaired) electrons. The van der Waals surface area contributed by atoms with E-state index >= 15 is 0 Å². The van der Waals surface area contributed by atoms with Crippen LogP contribution in [0.1, 0.15) is 11.1 Å². The highest BCUT2D eigenvalue weighted by atomic mass is 79.9. The lowest BCUT2D eigenvalue weighted by molar-refractivity contribution is 0.304. The van der Waals surface area contributed by atoms with E-state index in [2.05, 4.69) is 27.9 Å². The summed E-state index contributed by atoms with van der Waals surface area (Å²) in [7, 11) is 2.07. The van der Waals surface area contributed by atoms with E-state index in [0.717, 1.165) is 29.5 Å². The molecular weight excluding hydrogens is 230 g/mol. The summed E-state index contributed by atoms with van der Waals surface area (Å²) in [5, 5.41) is 9.65. The molecule has 2 nitrogen and oxygen atoms in total. The Kier molecular flexibility index (Phi) is 2.30. The van der Waals surface area contributed by atoms with Gasteiger partial charge >= 0.3 is 0 Å². The zero-order valence-corrected chi connectivity index (χ0v) is 9.13. The summed E-state index contributed by atoms with van der Waals surface area (Å²) < 4.78 is 1.12. The first-order valence-electron chi connectivity index (χ1n) is 4.36. The van der Waals surface area contributed by atoms with Crippen LogP contribution in [0.3, 0.4) is 0 Å². The molecule has 0 aromatic heterocycles. The number of rotatable bonds is 0. The van der Waals surface area contributed by atoms with Crippen LogP contribution in [0.5, 0.6) is 5.75 Å². The summed E-state index contributed by atoms with van der Waals surface area (Å²) in [6, 6.07) is 3.67. The number of hydrogen-bond acceptors (Lipinski definition) is 2. The van der Waals surface area contributed by atoms with E-state index < -0.39 is 0 Å². The van der Waals surface area contributed by atoms with E-state index in [1.807, 2.05) is 6.07 Å². The van der Waals surface area contributed by atoms with Crippen molar-refractivity contribution in [3.05, 3.63) is 27.7 Å². The summed E-state index contributed by atoms with van der Waals surface area (Å²) in [5.41, 5.74) is 2.33. The van der Waals surface area contributed by atoms with Crippen LogP contribution >= 0.6 is 15.9 Å². The van der Waals surface area contributed by atoms with Crippen LogP contribution in [0.15, 0.2) is 16.6 Å². The van der Waals surface area contributed by atoms with Gasteiger partial charge in [0.05, 0.1) is 0 Å². The van der Waals surface area contributed by atoms with Crippen molar-refractivity contribution in [1.29, 1.82) is 0 Å². The van der Waals surface area contributed by atoms with Crippen molar-refractivity contribution in [3.63, 3.8) is 0 Å². The molecule has 1 aromatic rings. The Hall–Kier alpha value is -0.540. The third-order valence-electron chi connectivity index (χ3n) is 2.52. The average Bonchev–Trinajstić information content (AvgIpc) is 2.12. The van der Waals surface area contributed by atoms with E-state index in [-0.39, 0.29) is 0 Å². The third kappa shape index (κ3) is 1.58. The number of phenolic OH excluding ortho intramolecular Hbond substituents is 1. The molecule has 0 spiro atoms. The van der Waals surface area contributed by atoms with Crippen molar-refractivity contribution < 1.29 is 5.11 Å². The molecule has 1 aromatic carbocycles. The first-order valence-corrected chi connectivity index (χ1v) is 5.15. The fourth-order valence-corrected chi connectivity index (χ4v) is 2.32. The average molecular weight is 242 g/mol. The molecule has 1 heterocycles. The minimum Gasteiger partial charge on any atom is -0.508 e. The second-order valence-electron chi connectivity index (χ2n) is 3.51. The molecule has 0 unspecified atom stereocenters. The molecule has 1 aliphatic heterocycles. The quantitative estimate of drug-likeness (QED) is 0.753. The fraction of sp³-hybridized carbons (Fsp3) is 0.400. The Balaban J connectivity index is 2.51. The normalized spacial score (nSPS) is 17.1. The molecule has 13 heavy (non-hydrogen) atoms. The molecule has 0 bridgehead atoms. The molecule has 0 atom stereocenters. The lowest BCUT2D eigenvalue weighted by Gasteiger charge is -2.26. The van der Waals surface area contributed by atoms with E-state index in [1.165, 1.54) is 5.56 Å². The topological polar surface area (TPSA) is 23.5 Å². The Morgan fingerprint density at radius 2 is 2.15 bits per heavy atom. The van der Waals surface area contributed by atoms with Gasteiger partial charge in [-0.25, -0.2) is 0 Å². The van der Waals surface area contributed by atoms with Crippen LogP contribution in [-0.4, -0.2) is 23.6 Å². The smallest absolute Gasteiger partial charge is 0.120 e. The van der Waals surface area contributed by atoms with E-state index in [1.54, 1.807) is 6.07 Å². The molecule has 0 saturated heterocycles. The van der Waals surface area contributed by atoms with Gasteiger partial charge in [-0.05, 0) is 31.2 Å². The minimum absolute atomic E-state index is 0.421. The number of benzene rings is 1. The van der Waals surface area contributed by atoms with E-state index in [9.17, 15) is 5.11 Å². The lowest BCUT2D eigenvalue weighted by Crippen LogP contribution is -2.26. The van der Waals surface area contributed by atoms with Gasteiger partial charge in [0.15, 0.2) is 0 Å². The van der Waals surface area contributed by atoms with Crippen LogP contribution in [0.2, 0.25) is 0 Å². The van der Waals surface area contributed by atoms with Gasteiger partial charge in [-0.3, -0.25) is 0 Å². The lowest BCUT2D eigenvalue weighted by atomic mass is 9.99. The largest absolute Gasteiger partial charge is 0.508 e. The summed E-state index contributed by atoms with van der Waals surface area (Å²) in [5.74, 6) is 0.421. The van der Waals surface area contributed by atoms with Gasteiger partial charge in [-0.1, -0.05) is 15.9 Å². The maximum absolute atomic E-state index is 9.65. The number of aromatic hydroxyl groups is 1. The summed E-state index contributed by atoms with van der Waals surface area (Å²) in [6.45, 7) is 1.91. The van der Waals surface area contributed by atoms with Crippen LogP contribution < -0.4 is 0 Å².